The van der Waals surface area contributed by atoms with Crippen molar-refractivity contribution in [3.63, 3.8) is 0 Å². The lowest BCUT2D eigenvalue weighted by molar-refractivity contribution is -0.142. The Labute approximate surface area is 182 Å². The van der Waals surface area contributed by atoms with Crippen molar-refractivity contribution in [2.45, 2.75) is 26.4 Å². The minimum absolute atomic E-state index is 0.0664. The fourth-order valence-electron chi connectivity index (χ4n) is 3.89. The number of fused-ring (bicyclic) bond motifs is 1. The summed E-state index contributed by atoms with van der Waals surface area (Å²) >= 11 is 0. The molecule has 0 bridgehead atoms. The third-order valence-electron chi connectivity index (χ3n) is 5.47. The number of aromatic nitrogens is 4. The van der Waals surface area contributed by atoms with Crippen LogP contribution in [0.5, 0.6) is 0 Å². The molecule has 2 aromatic heterocycles. The topological polar surface area (TPSA) is 75.9 Å². The number of carbonyl (C=O) groups excluding carboxylic acids is 1. The fourth-order valence-corrected chi connectivity index (χ4v) is 3.89. The lowest BCUT2D eigenvalue weighted by Crippen LogP contribution is -2.47. The number of aryl methyl sites for hydroxylation is 1. The summed E-state index contributed by atoms with van der Waals surface area (Å²) in [6, 6.07) is 5.20. The SMILES string of the molecule is CCOC(=O)Cc1c(C)nc2ncnn2c1N1CCN(c2ccc(C(F)(F)F)cc2)CC1. The van der Waals surface area contributed by atoms with E-state index in [4.69, 9.17) is 4.74 Å². The van der Waals surface area contributed by atoms with Gasteiger partial charge in [-0.25, -0.2) is 4.98 Å². The number of hydrogen-bond donors (Lipinski definition) is 0. The molecule has 11 heteroatoms. The molecule has 0 aliphatic carbocycles. The van der Waals surface area contributed by atoms with E-state index in [0.717, 1.165) is 29.2 Å². The first kappa shape index (κ1) is 21.8. The van der Waals surface area contributed by atoms with E-state index in [2.05, 4.69) is 20.0 Å². The lowest BCUT2D eigenvalue weighted by atomic mass is 10.1. The summed E-state index contributed by atoms with van der Waals surface area (Å²) in [6.07, 6.45) is -2.87. The molecule has 1 aliphatic rings. The molecular weight excluding hydrogens is 425 g/mol. The van der Waals surface area contributed by atoms with Crippen LogP contribution in [0.1, 0.15) is 23.7 Å². The Balaban J connectivity index is 1.57. The standard InChI is InChI=1S/C21H23F3N6O2/c1-3-32-18(31)12-17-14(2)27-20-25-13-26-30(20)19(17)29-10-8-28(9-11-29)16-6-4-15(5-7-16)21(22,23)24/h4-7,13H,3,8-12H2,1-2H3. The van der Waals surface area contributed by atoms with Crippen molar-refractivity contribution >= 4 is 23.3 Å². The average molecular weight is 448 g/mol. The number of anilines is 2. The Morgan fingerprint density at radius 1 is 1.09 bits per heavy atom. The minimum atomic E-state index is -4.35. The molecule has 0 atom stereocenters. The summed E-state index contributed by atoms with van der Waals surface area (Å²) < 4.78 is 45.3. The average Bonchev–Trinajstić information content (AvgIpc) is 3.22. The number of halogens is 3. The summed E-state index contributed by atoms with van der Waals surface area (Å²) in [4.78, 5) is 25.0. The Morgan fingerprint density at radius 3 is 2.38 bits per heavy atom. The second-order valence-electron chi connectivity index (χ2n) is 7.47. The van der Waals surface area contributed by atoms with Crippen molar-refractivity contribution < 1.29 is 22.7 Å². The van der Waals surface area contributed by atoms with Gasteiger partial charge in [0, 0.05) is 43.1 Å². The number of benzene rings is 1. The summed E-state index contributed by atoms with van der Waals surface area (Å²) in [6.45, 7) is 6.25. The van der Waals surface area contributed by atoms with Gasteiger partial charge >= 0.3 is 12.1 Å². The van der Waals surface area contributed by atoms with Gasteiger partial charge in [-0.05, 0) is 38.1 Å². The number of alkyl halides is 3. The van der Waals surface area contributed by atoms with E-state index >= 15 is 0 Å². The number of ether oxygens (including phenoxy) is 1. The predicted octanol–water partition coefficient (Wildman–Crippen LogP) is 2.88. The third-order valence-corrected chi connectivity index (χ3v) is 5.47. The van der Waals surface area contributed by atoms with Gasteiger partial charge in [-0.15, -0.1) is 0 Å². The van der Waals surface area contributed by atoms with Crippen molar-refractivity contribution in [1.29, 1.82) is 0 Å². The van der Waals surface area contributed by atoms with Gasteiger partial charge in [0.1, 0.15) is 12.1 Å². The van der Waals surface area contributed by atoms with Gasteiger partial charge in [0.05, 0.1) is 18.6 Å². The van der Waals surface area contributed by atoms with Crippen LogP contribution in [0, 0.1) is 6.92 Å². The third kappa shape index (κ3) is 4.32. The predicted molar refractivity (Wildman–Crippen MR) is 112 cm³/mol. The fraction of sp³-hybridized carbons (Fsp3) is 0.429. The first-order valence-corrected chi connectivity index (χ1v) is 10.3. The molecule has 1 aliphatic heterocycles. The molecule has 1 aromatic carbocycles. The molecule has 0 N–H and O–H groups in total. The number of hydrogen-bond acceptors (Lipinski definition) is 7. The van der Waals surface area contributed by atoms with Crippen molar-refractivity contribution in [2.75, 3.05) is 42.6 Å². The van der Waals surface area contributed by atoms with E-state index in [1.807, 2.05) is 11.8 Å². The van der Waals surface area contributed by atoms with E-state index < -0.39 is 11.7 Å². The molecule has 8 nitrogen and oxygen atoms in total. The quantitative estimate of drug-likeness (QED) is 0.556. The summed E-state index contributed by atoms with van der Waals surface area (Å²) in [7, 11) is 0. The Hall–Kier alpha value is -3.37. The van der Waals surface area contributed by atoms with Gasteiger partial charge in [0.25, 0.3) is 5.78 Å². The molecule has 1 saturated heterocycles. The van der Waals surface area contributed by atoms with Crippen molar-refractivity contribution in [3.05, 3.63) is 47.4 Å². The molecule has 0 spiro atoms. The number of piperazine rings is 1. The Morgan fingerprint density at radius 2 is 1.75 bits per heavy atom. The van der Waals surface area contributed by atoms with Crippen LogP contribution in [-0.4, -0.2) is 58.3 Å². The van der Waals surface area contributed by atoms with E-state index in [9.17, 15) is 18.0 Å². The van der Waals surface area contributed by atoms with Crippen LogP contribution in [0.15, 0.2) is 30.6 Å². The number of rotatable bonds is 5. The van der Waals surface area contributed by atoms with Gasteiger partial charge in [0.15, 0.2) is 0 Å². The van der Waals surface area contributed by atoms with Crippen LogP contribution in [0.3, 0.4) is 0 Å². The summed E-state index contributed by atoms with van der Waals surface area (Å²) in [5, 5.41) is 4.29. The van der Waals surface area contributed by atoms with E-state index in [0.29, 0.717) is 37.7 Å². The molecule has 4 rings (SSSR count). The molecular formula is C21H23F3N6O2. The zero-order chi connectivity index (χ0) is 22.9. The second-order valence-corrected chi connectivity index (χ2v) is 7.47. The van der Waals surface area contributed by atoms with E-state index in [1.165, 1.54) is 18.5 Å². The maximum atomic E-state index is 12.8. The Kier molecular flexibility index (Phi) is 5.90. The van der Waals surface area contributed by atoms with E-state index in [-0.39, 0.29) is 19.0 Å². The van der Waals surface area contributed by atoms with Crippen LogP contribution < -0.4 is 9.80 Å². The van der Waals surface area contributed by atoms with Gasteiger partial charge in [-0.2, -0.15) is 27.8 Å². The molecule has 0 radical (unpaired) electrons. The first-order chi connectivity index (χ1) is 15.3. The second kappa shape index (κ2) is 8.64. The highest BCUT2D eigenvalue weighted by Crippen LogP contribution is 2.31. The highest BCUT2D eigenvalue weighted by Gasteiger charge is 2.31. The molecule has 0 saturated carbocycles. The lowest BCUT2D eigenvalue weighted by Gasteiger charge is -2.38. The van der Waals surface area contributed by atoms with Crippen molar-refractivity contribution in [2.24, 2.45) is 0 Å². The molecule has 1 fully saturated rings. The molecule has 0 unspecified atom stereocenters. The zero-order valence-electron chi connectivity index (χ0n) is 17.8. The maximum absolute atomic E-state index is 12.8. The van der Waals surface area contributed by atoms with E-state index in [1.54, 1.807) is 11.4 Å². The van der Waals surface area contributed by atoms with Gasteiger partial charge in [-0.1, -0.05) is 0 Å². The van der Waals surface area contributed by atoms with Gasteiger partial charge in [-0.3, -0.25) is 4.79 Å². The zero-order valence-corrected chi connectivity index (χ0v) is 17.8. The highest BCUT2D eigenvalue weighted by molar-refractivity contribution is 5.76. The monoisotopic (exact) mass is 448 g/mol. The smallest absolute Gasteiger partial charge is 0.416 e. The van der Waals surface area contributed by atoms with Crippen molar-refractivity contribution in [3.8, 4) is 0 Å². The molecule has 170 valence electrons. The summed E-state index contributed by atoms with van der Waals surface area (Å²) in [5.74, 6) is 0.835. The van der Waals surface area contributed by atoms with Crippen LogP contribution >= 0.6 is 0 Å². The largest absolute Gasteiger partial charge is 0.466 e. The van der Waals surface area contributed by atoms with Crippen LogP contribution in [0.4, 0.5) is 24.7 Å². The van der Waals surface area contributed by atoms with Crippen LogP contribution in [-0.2, 0) is 22.1 Å². The van der Waals surface area contributed by atoms with Crippen LogP contribution in [0.2, 0.25) is 0 Å². The summed E-state index contributed by atoms with van der Waals surface area (Å²) in [5.41, 5.74) is 1.48. The van der Waals surface area contributed by atoms with Gasteiger partial charge in [0.2, 0.25) is 0 Å². The molecule has 32 heavy (non-hydrogen) atoms. The number of nitrogens with zero attached hydrogens (tertiary/aromatic N) is 6. The molecule has 0 amide bonds. The minimum Gasteiger partial charge on any atom is -0.466 e. The van der Waals surface area contributed by atoms with Gasteiger partial charge < -0.3 is 14.5 Å². The molecule has 3 heterocycles. The Bertz CT molecular complexity index is 1110. The normalized spacial score (nSPS) is 14.8. The number of carbonyl (C=O) groups is 1. The van der Waals surface area contributed by atoms with Crippen LogP contribution in [0.25, 0.3) is 5.78 Å². The number of esters is 1. The first-order valence-electron chi connectivity index (χ1n) is 10.3. The van der Waals surface area contributed by atoms with Crippen molar-refractivity contribution in [1.82, 2.24) is 19.6 Å². The molecule has 3 aromatic rings. The maximum Gasteiger partial charge on any atom is 0.416 e. The highest BCUT2D eigenvalue weighted by atomic mass is 19.4.